The van der Waals surface area contributed by atoms with Gasteiger partial charge in [0.1, 0.15) is 11.5 Å². The van der Waals surface area contributed by atoms with E-state index < -0.39 is 0 Å². The maximum absolute atomic E-state index is 10.3. The smallest absolute Gasteiger partial charge is 0.215 e. The van der Waals surface area contributed by atoms with Crippen molar-refractivity contribution in [2.45, 2.75) is 18.7 Å². The molecule has 0 bridgehead atoms. The molecule has 2 atom stereocenters. The molecule has 0 radical (unpaired) electrons. The van der Waals surface area contributed by atoms with Gasteiger partial charge in [-0.25, -0.2) is 5.01 Å². The van der Waals surface area contributed by atoms with Crippen molar-refractivity contribution >= 4 is 17.3 Å². The first kappa shape index (κ1) is 16.1. The lowest BCUT2D eigenvalue weighted by Gasteiger charge is -2.38. The summed E-state index contributed by atoms with van der Waals surface area (Å²) < 4.78 is 6.26. The van der Waals surface area contributed by atoms with Crippen molar-refractivity contribution in [3.63, 3.8) is 0 Å². The summed E-state index contributed by atoms with van der Waals surface area (Å²) in [5, 5.41) is 17.6. The van der Waals surface area contributed by atoms with E-state index >= 15 is 0 Å². The van der Waals surface area contributed by atoms with Gasteiger partial charge in [-0.2, -0.15) is 5.10 Å². The Morgan fingerprint density at radius 2 is 2.00 bits per heavy atom. The number of ether oxygens (including phenoxy) is 1. The number of halogens is 1. The number of benzene rings is 2. The minimum Gasteiger partial charge on any atom is -0.507 e. The van der Waals surface area contributed by atoms with Crippen LogP contribution in [0.15, 0.2) is 72.1 Å². The molecule has 1 N–H and O–H groups in total. The summed E-state index contributed by atoms with van der Waals surface area (Å²) in [6, 6.07) is 16.9. The lowest BCUT2D eigenvalue weighted by Crippen LogP contribution is -2.33. The van der Waals surface area contributed by atoms with Gasteiger partial charge in [-0.3, -0.25) is 4.98 Å². The fourth-order valence-corrected chi connectivity index (χ4v) is 3.85. The van der Waals surface area contributed by atoms with E-state index in [1.54, 1.807) is 30.6 Å². The summed E-state index contributed by atoms with van der Waals surface area (Å²) in [4.78, 5) is 4.22. The third-order valence-electron chi connectivity index (χ3n) is 4.94. The molecule has 2 aliphatic rings. The molecule has 0 spiro atoms. The zero-order chi connectivity index (χ0) is 18.4. The van der Waals surface area contributed by atoms with E-state index in [0.717, 1.165) is 22.6 Å². The Labute approximate surface area is 161 Å². The first-order valence-electron chi connectivity index (χ1n) is 8.71. The zero-order valence-electron chi connectivity index (χ0n) is 14.3. The van der Waals surface area contributed by atoms with Crippen LogP contribution >= 0.6 is 11.6 Å². The van der Waals surface area contributed by atoms with Crippen molar-refractivity contribution in [3.05, 3.63) is 88.7 Å². The van der Waals surface area contributed by atoms with E-state index in [2.05, 4.69) is 11.1 Å². The van der Waals surface area contributed by atoms with Crippen LogP contribution in [0.5, 0.6) is 11.5 Å². The van der Waals surface area contributed by atoms with Crippen LogP contribution in [0.4, 0.5) is 0 Å². The van der Waals surface area contributed by atoms with E-state index in [0.29, 0.717) is 17.0 Å². The highest BCUT2D eigenvalue weighted by molar-refractivity contribution is 6.31. The number of fused-ring (bicyclic) bond motifs is 3. The fourth-order valence-electron chi connectivity index (χ4n) is 3.68. The molecule has 0 amide bonds. The molecule has 5 nitrogen and oxygen atoms in total. The predicted octanol–water partition coefficient (Wildman–Crippen LogP) is 4.68. The number of hydrazone groups is 1. The first-order chi connectivity index (χ1) is 13.2. The van der Waals surface area contributed by atoms with Gasteiger partial charge in [-0.05, 0) is 30.3 Å². The third kappa shape index (κ3) is 2.71. The van der Waals surface area contributed by atoms with Crippen molar-refractivity contribution in [2.24, 2.45) is 5.10 Å². The van der Waals surface area contributed by atoms with Crippen molar-refractivity contribution in [2.75, 3.05) is 0 Å². The summed E-state index contributed by atoms with van der Waals surface area (Å²) in [6.45, 7) is 0. The van der Waals surface area contributed by atoms with Gasteiger partial charge in [-0.15, -0.1) is 0 Å². The summed E-state index contributed by atoms with van der Waals surface area (Å²) >= 11 is 6.14. The van der Waals surface area contributed by atoms with Gasteiger partial charge in [-0.1, -0.05) is 35.9 Å². The second kappa shape index (κ2) is 6.28. The number of para-hydroxylation sites is 1. The van der Waals surface area contributed by atoms with Crippen LogP contribution in [-0.2, 0) is 0 Å². The molecule has 6 heteroatoms. The summed E-state index contributed by atoms with van der Waals surface area (Å²) in [5.74, 6) is 1.02. The number of hydrogen-bond donors (Lipinski definition) is 1. The molecule has 0 unspecified atom stereocenters. The monoisotopic (exact) mass is 377 g/mol. The van der Waals surface area contributed by atoms with Crippen LogP contribution in [0.2, 0.25) is 5.02 Å². The Hall–Kier alpha value is -3.05. The highest BCUT2D eigenvalue weighted by Crippen LogP contribution is 2.47. The molecular weight excluding hydrogens is 362 g/mol. The van der Waals surface area contributed by atoms with Crippen molar-refractivity contribution in [1.29, 1.82) is 0 Å². The number of pyridine rings is 1. The van der Waals surface area contributed by atoms with Gasteiger partial charge in [0.25, 0.3) is 0 Å². The molecule has 2 aliphatic heterocycles. The first-order valence-corrected chi connectivity index (χ1v) is 9.09. The predicted molar refractivity (Wildman–Crippen MR) is 103 cm³/mol. The maximum atomic E-state index is 10.3. The van der Waals surface area contributed by atoms with Gasteiger partial charge in [0.2, 0.25) is 6.23 Å². The SMILES string of the molecule is Oc1ccc(Cl)cc1C1=NN2[C@H](C1)c1ccccc1O[C@H]2c1cccnc1. The second-order valence-corrected chi connectivity index (χ2v) is 7.04. The summed E-state index contributed by atoms with van der Waals surface area (Å²) in [5.41, 5.74) is 3.45. The lowest BCUT2D eigenvalue weighted by atomic mass is 9.96. The molecule has 5 rings (SSSR count). The Morgan fingerprint density at radius 3 is 2.85 bits per heavy atom. The second-order valence-electron chi connectivity index (χ2n) is 6.60. The van der Waals surface area contributed by atoms with Crippen molar-refractivity contribution in [3.8, 4) is 11.5 Å². The Kier molecular flexibility index (Phi) is 3.76. The maximum Gasteiger partial charge on any atom is 0.215 e. The number of aromatic nitrogens is 1. The minimum atomic E-state index is -0.377. The standard InChI is InChI=1S/C21H16ClN3O2/c22-14-7-8-19(26)16(10-14)17-11-18-15-5-1-2-6-20(15)27-21(25(18)24-17)13-4-3-9-23-12-13/h1-10,12,18,21,26H,11H2/t18-,21+/m1/s1. The normalized spacial score (nSPS) is 20.5. The number of hydrogen-bond acceptors (Lipinski definition) is 5. The molecule has 2 aromatic carbocycles. The molecule has 134 valence electrons. The van der Waals surface area contributed by atoms with E-state index in [9.17, 15) is 5.11 Å². The average molecular weight is 378 g/mol. The van der Waals surface area contributed by atoms with Crippen LogP contribution < -0.4 is 4.74 Å². The topological polar surface area (TPSA) is 58.0 Å². The molecule has 0 saturated heterocycles. The van der Waals surface area contributed by atoms with Crippen molar-refractivity contribution < 1.29 is 9.84 Å². The Morgan fingerprint density at radius 1 is 1.11 bits per heavy atom. The van der Waals surface area contributed by atoms with E-state index in [4.69, 9.17) is 21.4 Å². The molecule has 0 saturated carbocycles. The molecule has 27 heavy (non-hydrogen) atoms. The highest BCUT2D eigenvalue weighted by Gasteiger charge is 2.41. The van der Waals surface area contributed by atoms with Crippen LogP contribution in [0.3, 0.4) is 0 Å². The van der Waals surface area contributed by atoms with Gasteiger partial charge >= 0.3 is 0 Å². The lowest BCUT2D eigenvalue weighted by molar-refractivity contribution is -0.0192. The number of phenolic OH excluding ortho intramolecular Hbond substituents is 1. The number of aromatic hydroxyl groups is 1. The Balaban J connectivity index is 1.62. The average Bonchev–Trinajstić information content (AvgIpc) is 3.15. The van der Waals surface area contributed by atoms with Gasteiger partial charge < -0.3 is 9.84 Å². The van der Waals surface area contributed by atoms with E-state index in [1.165, 1.54) is 0 Å². The van der Waals surface area contributed by atoms with Crippen LogP contribution in [0.1, 0.15) is 35.4 Å². The summed E-state index contributed by atoms with van der Waals surface area (Å²) in [6.07, 6.45) is 3.81. The van der Waals surface area contributed by atoms with Crippen LogP contribution in [0.25, 0.3) is 0 Å². The molecule has 0 aliphatic carbocycles. The molecule has 0 fully saturated rings. The van der Waals surface area contributed by atoms with Gasteiger partial charge in [0.15, 0.2) is 0 Å². The van der Waals surface area contributed by atoms with Crippen LogP contribution in [0, 0.1) is 0 Å². The molecule has 3 heterocycles. The quantitative estimate of drug-likeness (QED) is 0.704. The van der Waals surface area contributed by atoms with E-state index in [1.807, 2.05) is 35.3 Å². The van der Waals surface area contributed by atoms with Gasteiger partial charge in [0.05, 0.1) is 11.8 Å². The fraction of sp³-hybridized carbons (Fsp3) is 0.143. The molecular formula is C21H16ClN3O2. The number of nitrogens with zero attached hydrogens (tertiary/aromatic N) is 3. The Bertz CT molecular complexity index is 1040. The largest absolute Gasteiger partial charge is 0.507 e. The highest BCUT2D eigenvalue weighted by atomic mass is 35.5. The van der Waals surface area contributed by atoms with Crippen LogP contribution in [-0.4, -0.2) is 20.8 Å². The molecule has 3 aromatic rings. The number of rotatable bonds is 2. The minimum absolute atomic E-state index is 0.0218. The zero-order valence-corrected chi connectivity index (χ0v) is 15.0. The summed E-state index contributed by atoms with van der Waals surface area (Å²) in [7, 11) is 0. The number of phenols is 1. The third-order valence-corrected chi connectivity index (χ3v) is 5.17. The van der Waals surface area contributed by atoms with Crippen molar-refractivity contribution in [1.82, 2.24) is 9.99 Å². The molecule has 1 aromatic heterocycles. The van der Waals surface area contributed by atoms with E-state index in [-0.39, 0.29) is 18.0 Å². The van der Waals surface area contributed by atoms with Gasteiger partial charge in [0, 0.05) is 40.5 Å².